The Morgan fingerprint density at radius 3 is 2.70 bits per heavy atom. The number of carbonyl (C=O) groups is 1. The van der Waals surface area contributed by atoms with Gasteiger partial charge in [0.1, 0.15) is 17.4 Å². The summed E-state index contributed by atoms with van der Waals surface area (Å²) in [7, 11) is 0. The third-order valence-electron chi connectivity index (χ3n) is 3.28. The van der Waals surface area contributed by atoms with Crippen LogP contribution in [0.2, 0.25) is 0 Å². The minimum absolute atomic E-state index is 0.0428. The minimum atomic E-state index is -0.808. The molecule has 1 heterocycles. The molecule has 0 aliphatic carbocycles. The molecule has 0 unspecified atom stereocenters. The molecular formula is C15H7F2IN4O. The number of fused-ring (bicyclic) bond motifs is 1. The van der Waals surface area contributed by atoms with E-state index in [1.54, 1.807) is 12.1 Å². The Morgan fingerprint density at radius 2 is 2.04 bits per heavy atom. The zero-order valence-electron chi connectivity index (χ0n) is 11.3. The highest BCUT2D eigenvalue weighted by Crippen LogP contribution is 2.28. The first-order chi connectivity index (χ1) is 10.9. The highest BCUT2D eigenvalue weighted by atomic mass is 127. The van der Waals surface area contributed by atoms with Crippen molar-refractivity contribution in [1.82, 2.24) is 9.78 Å². The van der Waals surface area contributed by atoms with Gasteiger partial charge in [0.25, 0.3) is 5.91 Å². The maximum absolute atomic E-state index is 14.5. The van der Waals surface area contributed by atoms with Crippen LogP contribution in [-0.4, -0.2) is 15.7 Å². The van der Waals surface area contributed by atoms with Crippen LogP contribution in [0.25, 0.3) is 16.6 Å². The number of aromatic nitrogens is 2. The lowest BCUT2D eigenvalue weighted by Crippen LogP contribution is -2.12. The van der Waals surface area contributed by atoms with Gasteiger partial charge in [-0.1, -0.05) is 0 Å². The maximum atomic E-state index is 14.5. The lowest BCUT2D eigenvalue weighted by molar-refractivity contribution is 0.0996. The first-order valence-corrected chi connectivity index (χ1v) is 7.38. The molecule has 1 amide bonds. The lowest BCUT2D eigenvalue weighted by Gasteiger charge is -2.06. The molecule has 0 bridgehead atoms. The fourth-order valence-electron chi connectivity index (χ4n) is 2.24. The minimum Gasteiger partial charge on any atom is -0.364 e. The highest BCUT2D eigenvalue weighted by Gasteiger charge is 2.21. The van der Waals surface area contributed by atoms with Gasteiger partial charge in [-0.05, 0) is 52.9 Å². The van der Waals surface area contributed by atoms with Crippen molar-refractivity contribution in [2.24, 2.45) is 5.73 Å². The maximum Gasteiger partial charge on any atom is 0.269 e. The number of hydrogen-bond acceptors (Lipinski definition) is 3. The van der Waals surface area contributed by atoms with E-state index in [0.29, 0.717) is 3.57 Å². The second-order valence-electron chi connectivity index (χ2n) is 4.66. The molecule has 5 nitrogen and oxygen atoms in total. The Morgan fingerprint density at radius 1 is 1.30 bits per heavy atom. The van der Waals surface area contributed by atoms with Crippen LogP contribution in [0.15, 0.2) is 30.3 Å². The van der Waals surface area contributed by atoms with E-state index in [2.05, 4.69) is 5.10 Å². The molecule has 2 N–H and O–H groups in total. The van der Waals surface area contributed by atoms with Gasteiger partial charge in [0.15, 0.2) is 11.5 Å². The van der Waals surface area contributed by atoms with Crippen LogP contribution in [0, 0.1) is 26.5 Å². The molecule has 3 aromatic rings. The van der Waals surface area contributed by atoms with Crippen molar-refractivity contribution < 1.29 is 13.6 Å². The van der Waals surface area contributed by atoms with Crippen molar-refractivity contribution in [2.45, 2.75) is 0 Å². The monoisotopic (exact) mass is 424 g/mol. The van der Waals surface area contributed by atoms with E-state index >= 15 is 0 Å². The van der Waals surface area contributed by atoms with Crippen LogP contribution in [0.3, 0.4) is 0 Å². The Balaban J connectivity index is 2.40. The molecule has 0 fully saturated rings. The van der Waals surface area contributed by atoms with Crippen LogP contribution >= 0.6 is 22.6 Å². The number of halogens is 3. The van der Waals surface area contributed by atoms with Crippen molar-refractivity contribution in [3.8, 4) is 11.8 Å². The summed E-state index contributed by atoms with van der Waals surface area (Å²) >= 11 is 1.81. The zero-order valence-corrected chi connectivity index (χ0v) is 13.5. The topological polar surface area (TPSA) is 84.7 Å². The van der Waals surface area contributed by atoms with Gasteiger partial charge in [0.05, 0.1) is 14.8 Å². The van der Waals surface area contributed by atoms with E-state index in [4.69, 9.17) is 11.0 Å². The Kier molecular flexibility index (Phi) is 3.73. The molecule has 23 heavy (non-hydrogen) atoms. The predicted molar refractivity (Wildman–Crippen MR) is 86.9 cm³/mol. The van der Waals surface area contributed by atoms with Crippen LogP contribution < -0.4 is 5.73 Å². The fourth-order valence-corrected chi connectivity index (χ4v) is 2.68. The molecule has 0 saturated carbocycles. The van der Waals surface area contributed by atoms with Crippen molar-refractivity contribution in [1.29, 1.82) is 5.26 Å². The second kappa shape index (κ2) is 5.58. The Labute approximate surface area is 142 Å². The summed E-state index contributed by atoms with van der Waals surface area (Å²) in [5.74, 6) is -2.08. The van der Waals surface area contributed by atoms with Gasteiger partial charge in [-0.25, -0.2) is 13.5 Å². The number of amides is 1. The van der Waals surface area contributed by atoms with E-state index < -0.39 is 17.5 Å². The summed E-state index contributed by atoms with van der Waals surface area (Å²) in [5, 5.41) is 13.2. The summed E-state index contributed by atoms with van der Waals surface area (Å²) in [6, 6.07) is 8.40. The quantitative estimate of drug-likeness (QED) is 0.643. The van der Waals surface area contributed by atoms with Gasteiger partial charge in [-0.3, -0.25) is 4.79 Å². The van der Waals surface area contributed by atoms with Gasteiger partial charge < -0.3 is 5.73 Å². The molecule has 0 atom stereocenters. The average Bonchev–Trinajstić information content (AvgIpc) is 2.92. The number of hydrogen-bond donors (Lipinski definition) is 1. The number of rotatable bonds is 2. The standard InChI is InChI=1S/C15H7F2IN4O/c16-10-3-1-8(5-7(10)6-19)22-14-9(13(21-22)15(20)23)2-4-11(18)12(14)17/h1-5H,(H2,20,23). The average molecular weight is 424 g/mol. The van der Waals surface area contributed by atoms with Gasteiger partial charge >= 0.3 is 0 Å². The number of nitriles is 1. The predicted octanol–water partition coefficient (Wildman–Crippen LogP) is 2.88. The number of carbonyl (C=O) groups excluding carboxylic acids is 1. The molecule has 3 rings (SSSR count). The largest absolute Gasteiger partial charge is 0.364 e. The van der Waals surface area contributed by atoms with E-state index in [9.17, 15) is 13.6 Å². The van der Waals surface area contributed by atoms with E-state index in [1.165, 1.54) is 18.2 Å². The van der Waals surface area contributed by atoms with E-state index in [1.807, 2.05) is 22.6 Å². The van der Waals surface area contributed by atoms with Gasteiger partial charge in [0, 0.05) is 5.39 Å². The van der Waals surface area contributed by atoms with Gasteiger partial charge in [-0.2, -0.15) is 10.4 Å². The van der Waals surface area contributed by atoms with Crippen molar-refractivity contribution in [3.05, 3.63) is 56.8 Å². The number of nitrogens with two attached hydrogens (primary N) is 1. The van der Waals surface area contributed by atoms with Crippen LogP contribution in [0.4, 0.5) is 8.78 Å². The summed E-state index contributed by atoms with van der Waals surface area (Å²) in [6.07, 6.45) is 0. The number of primary amides is 1. The fraction of sp³-hybridized carbons (Fsp3) is 0. The molecule has 2 aromatic carbocycles. The van der Waals surface area contributed by atoms with Crippen LogP contribution in [0.5, 0.6) is 0 Å². The summed E-state index contributed by atoms with van der Waals surface area (Å²) < 4.78 is 29.5. The Hall–Kier alpha value is -2.54. The molecule has 1 aromatic heterocycles. The van der Waals surface area contributed by atoms with Crippen molar-refractivity contribution in [2.75, 3.05) is 0 Å². The molecule has 0 aliphatic heterocycles. The first-order valence-electron chi connectivity index (χ1n) is 6.30. The van der Waals surface area contributed by atoms with Crippen molar-refractivity contribution >= 4 is 39.4 Å². The van der Waals surface area contributed by atoms with Crippen molar-refractivity contribution in [3.63, 3.8) is 0 Å². The molecule has 0 saturated heterocycles. The van der Waals surface area contributed by atoms with Crippen LogP contribution in [0.1, 0.15) is 16.1 Å². The molecule has 0 radical (unpaired) electrons. The van der Waals surface area contributed by atoms with E-state index in [-0.39, 0.29) is 27.8 Å². The Bertz CT molecular complexity index is 1010. The zero-order chi connectivity index (χ0) is 16.7. The third-order valence-corrected chi connectivity index (χ3v) is 4.12. The van der Waals surface area contributed by atoms with E-state index in [0.717, 1.165) is 10.7 Å². The summed E-state index contributed by atoms with van der Waals surface area (Å²) in [5.41, 5.74) is 5.27. The number of nitrogens with zero attached hydrogens (tertiary/aromatic N) is 3. The smallest absolute Gasteiger partial charge is 0.269 e. The lowest BCUT2D eigenvalue weighted by atomic mass is 10.2. The molecule has 0 spiro atoms. The summed E-state index contributed by atoms with van der Waals surface area (Å²) in [4.78, 5) is 11.5. The molecular weight excluding hydrogens is 417 g/mol. The normalized spacial score (nSPS) is 10.7. The highest BCUT2D eigenvalue weighted by molar-refractivity contribution is 14.1. The van der Waals surface area contributed by atoms with Gasteiger partial charge in [-0.15, -0.1) is 0 Å². The second-order valence-corrected chi connectivity index (χ2v) is 5.82. The summed E-state index contributed by atoms with van der Waals surface area (Å²) in [6.45, 7) is 0. The SMILES string of the molecule is N#Cc1cc(-n2nc(C(N)=O)c3ccc(I)c(F)c32)ccc1F. The molecule has 0 aliphatic rings. The number of benzene rings is 2. The first kappa shape index (κ1) is 15.4. The molecule has 114 valence electrons. The molecule has 8 heteroatoms. The third kappa shape index (κ3) is 2.43. The van der Waals surface area contributed by atoms with Crippen LogP contribution in [-0.2, 0) is 0 Å². The van der Waals surface area contributed by atoms with Gasteiger partial charge in [0.2, 0.25) is 0 Å².